The van der Waals surface area contributed by atoms with Gasteiger partial charge in [-0.15, -0.1) is 0 Å². The van der Waals surface area contributed by atoms with Crippen molar-refractivity contribution < 1.29 is 49.6 Å². The lowest BCUT2D eigenvalue weighted by atomic mass is 9.68. The molecule has 11 atom stereocenters. The third-order valence-corrected chi connectivity index (χ3v) is 7.29. The van der Waals surface area contributed by atoms with E-state index < -0.39 is 61.2 Å². The Morgan fingerprint density at radius 2 is 1.74 bits per heavy atom. The van der Waals surface area contributed by atoms with Crippen LogP contribution in [-0.4, -0.2) is 104 Å². The standard InChI is InChI=1S/C25H40O10/c1-12-9-14(26)10-25(3,4)15(12)6-5-13(2)34-24-23(32)22(31)21(30)18(35-24)11-33-17-8-7-16(27)19(28)20(17)29/h5-6,9,13,15-24,27-32H,7-8,10-11H2,1-4H3. The van der Waals surface area contributed by atoms with E-state index >= 15 is 0 Å². The van der Waals surface area contributed by atoms with Crippen LogP contribution in [0.5, 0.6) is 0 Å². The van der Waals surface area contributed by atoms with Crippen molar-refractivity contribution >= 4 is 5.78 Å². The van der Waals surface area contributed by atoms with Gasteiger partial charge in [-0.05, 0) is 38.2 Å². The maximum Gasteiger partial charge on any atom is 0.187 e. The Hall–Kier alpha value is -1.21. The number of allylic oxidation sites excluding steroid dienone is 3. The lowest BCUT2D eigenvalue weighted by Gasteiger charge is -2.42. The first-order valence-corrected chi connectivity index (χ1v) is 12.2. The van der Waals surface area contributed by atoms with Crippen molar-refractivity contribution in [3.63, 3.8) is 0 Å². The molecule has 0 aromatic carbocycles. The van der Waals surface area contributed by atoms with Crippen molar-refractivity contribution in [2.75, 3.05) is 6.61 Å². The van der Waals surface area contributed by atoms with Crippen molar-refractivity contribution in [3.05, 3.63) is 23.8 Å². The largest absolute Gasteiger partial charge is 0.390 e. The summed E-state index contributed by atoms with van der Waals surface area (Å²) >= 11 is 0. The zero-order valence-electron chi connectivity index (χ0n) is 20.7. The quantitative estimate of drug-likeness (QED) is 0.253. The first kappa shape index (κ1) is 28.4. The number of aliphatic hydroxyl groups excluding tert-OH is 6. The molecule has 3 rings (SSSR count). The summed E-state index contributed by atoms with van der Waals surface area (Å²) in [5.41, 5.74) is 0.713. The van der Waals surface area contributed by atoms with Gasteiger partial charge in [0.2, 0.25) is 0 Å². The van der Waals surface area contributed by atoms with E-state index in [4.69, 9.17) is 14.2 Å². The van der Waals surface area contributed by atoms with Gasteiger partial charge in [-0.1, -0.05) is 31.6 Å². The molecule has 3 aliphatic rings. The molecule has 10 nitrogen and oxygen atoms in total. The van der Waals surface area contributed by atoms with Crippen LogP contribution < -0.4 is 0 Å². The summed E-state index contributed by atoms with van der Waals surface area (Å²) in [6, 6.07) is 0. The number of rotatable bonds is 7. The summed E-state index contributed by atoms with van der Waals surface area (Å²) in [4.78, 5) is 11.9. The predicted octanol–water partition coefficient (Wildman–Crippen LogP) is -0.421. The topological polar surface area (TPSA) is 166 Å². The number of carbonyl (C=O) groups excluding carboxylic acids is 1. The van der Waals surface area contributed by atoms with Gasteiger partial charge in [0.1, 0.15) is 36.6 Å². The van der Waals surface area contributed by atoms with Crippen LogP contribution in [0.15, 0.2) is 23.8 Å². The van der Waals surface area contributed by atoms with Gasteiger partial charge in [-0.3, -0.25) is 4.79 Å². The normalized spacial score (nSPS) is 43.3. The van der Waals surface area contributed by atoms with Crippen LogP contribution in [0, 0.1) is 11.3 Å². The molecule has 1 aliphatic heterocycles. The van der Waals surface area contributed by atoms with Gasteiger partial charge >= 0.3 is 0 Å². The van der Waals surface area contributed by atoms with E-state index in [1.54, 1.807) is 13.0 Å². The molecule has 2 aliphatic carbocycles. The number of hydrogen-bond acceptors (Lipinski definition) is 10. The molecule has 1 saturated heterocycles. The summed E-state index contributed by atoms with van der Waals surface area (Å²) in [6.45, 7) is 7.50. The number of hydrogen-bond donors (Lipinski definition) is 6. The summed E-state index contributed by atoms with van der Waals surface area (Å²) < 4.78 is 17.2. The molecular formula is C25H40O10. The van der Waals surface area contributed by atoms with E-state index in [2.05, 4.69) is 0 Å². The van der Waals surface area contributed by atoms with E-state index in [1.165, 1.54) is 0 Å². The molecule has 35 heavy (non-hydrogen) atoms. The Kier molecular flexibility index (Phi) is 9.28. The second-order valence-electron chi connectivity index (χ2n) is 10.7. The Labute approximate surface area is 205 Å². The molecule has 0 aromatic heterocycles. The van der Waals surface area contributed by atoms with Crippen LogP contribution in [-0.2, 0) is 19.0 Å². The molecule has 11 unspecified atom stereocenters. The van der Waals surface area contributed by atoms with Crippen molar-refractivity contribution in [2.45, 2.75) is 108 Å². The molecule has 200 valence electrons. The van der Waals surface area contributed by atoms with E-state index in [0.29, 0.717) is 12.8 Å². The molecular weight excluding hydrogens is 460 g/mol. The lowest BCUT2D eigenvalue weighted by Crippen LogP contribution is -2.60. The van der Waals surface area contributed by atoms with Gasteiger partial charge in [0.25, 0.3) is 0 Å². The third kappa shape index (κ3) is 6.57. The van der Waals surface area contributed by atoms with Crippen LogP contribution >= 0.6 is 0 Å². The second kappa shape index (κ2) is 11.5. The van der Waals surface area contributed by atoms with Gasteiger partial charge in [0, 0.05) is 12.3 Å². The lowest BCUT2D eigenvalue weighted by molar-refractivity contribution is -0.311. The fourth-order valence-corrected chi connectivity index (χ4v) is 5.20. The highest BCUT2D eigenvalue weighted by Crippen LogP contribution is 2.40. The van der Waals surface area contributed by atoms with Gasteiger partial charge in [0.15, 0.2) is 12.1 Å². The fraction of sp³-hybridized carbons (Fsp3) is 0.800. The molecule has 0 bridgehead atoms. The summed E-state index contributed by atoms with van der Waals surface area (Å²) in [6.07, 6.45) is -5.37. The first-order chi connectivity index (χ1) is 16.3. The smallest absolute Gasteiger partial charge is 0.187 e. The number of aliphatic hydroxyl groups is 6. The van der Waals surface area contributed by atoms with E-state index in [1.807, 2.05) is 32.9 Å². The predicted molar refractivity (Wildman–Crippen MR) is 124 cm³/mol. The summed E-state index contributed by atoms with van der Waals surface area (Å²) in [5.74, 6) is 0.139. The van der Waals surface area contributed by atoms with Crippen molar-refractivity contribution in [2.24, 2.45) is 11.3 Å². The molecule has 10 heteroatoms. The maximum atomic E-state index is 11.9. The van der Waals surface area contributed by atoms with E-state index in [9.17, 15) is 35.4 Å². The highest BCUT2D eigenvalue weighted by Gasteiger charge is 2.46. The molecule has 0 spiro atoms. The molecule has 0 radical (unpaired) electrons. The third-order valence-electron chi connectivity index (χ3n) is 7.29. The fourth-order valence-electron chi connectivity index (χ4n) is 5.20. The van der Waals surface area contributed by atoms with Crippen LogP contribution in [0.2, 0.25) is 0 Å². The molecule has 1 saturated carbocycles. The minimum absolute atomic E-state index is 0.0350. The zero-order chi connectivity index (χ0) is 26.1. The molecule has 0 aromatic rings. The minimum Gasteiger partial charge on any atom is -0.390 e. The number of ketones is 1. The molecule has 6 N–H and O–H groups in total. The Morgan fingerprint density at radius 1 is 1.06 bits per heavy atom. The Balaban J connectivity index is 1.60. The first-order valence-electron chi connectivity index (χ1n) is 12.2. The summed E-state index contributed by atoms with van der Waals surface area (Å²) in [7, 11) is 0. The molecule has 0 amide bonds. The van der Waals surface area contributed by atoms with Crippen LogP contribution in [0.4, 0.5) is 0 Å². The van der Waals surface area contributed by atoms with Gasteiger partial charge in [-0.2, -0.15) is 0 Å². The monoisotopic (exact) mass is 500 g/mol. The average molecular weight is 501 g/mol. The number of ether oxygens (including phenoxy) is 3. The van der Waals surface area contributed by atoms with Crippen LogP contribution in [0.1, 0.15) is 47.0 Å². The Bertz CT molecular complexity index is 795. The maximum absolute atomic E-state index is 11.9. The van der Waals surface area contributed by atoms with Crippen molar-refractivity contribution in [1.82, 2.24) is 0 Å². The zero-order valence-corrected chi connectivity index (χ0v) is 20.7. The van der Waals surface area contributed by atoms with Gasteiger partial charge in [-0.25, -0.2) is 0 Å². The van der Waals surface area contributed by atoms with Crippen molar-refractivity contribution in [1.29, 1.82) is 0 Å². The van der Waals surface area contributed by atoms with Crippen molar-refractivity contribution in [3.8, 4) is 0 Å². The van der Waals surface area contributed by atoms with Crippen LogP contribution in [0.25, 0.3) is 0 Å². The molecule has 2 fully saturated rings. The second-order valence-corrected chi connectivity index (χ2v) is 10.7. The van der Waals surface area contributed by atoms with E-state index in [-0.39, 0.29) is 30.1 Å². The van der Waals surface area contributed by atoms with Crippen LogP contribution in [0.3, 0.4) is 0 Å². The minimum atomic E-state index is -1.55. The highest BCUT2D eigenvalue weighted by molar-refractivity contribution is 5.92. The summed E-state index contributed by atoms with van der Waals surface area (Å²) in [5, 5.41) is 60.7. The number of carbonyl (C=O) groups is 1. The highest BCUT2D eigenvalue weighted by atomic mass is 16.7. The average Bonchev–Trinajstić information content (AvgIpc) is 2.76. The van der Waals surface area contributed by atoms with E-state index in [0.717, 1.165) is 5.57 Å². The Morgan fingerprint density at radius 3 is 2.40 bits per heavy atom. The van der Waals surface area contributed by atoms with Gasteiger partial charge < -0.3 is 44.8 Å². The van der Waals surface area contributed by atoms with Gasteiger partial charge in [0.05, 0.1) is 24.9 Å². The SMILES string of the molecule is CC1=CC(=O)CC(C)(C)C1C=CC(C)OC1OC(COC2CCC(O)C(O)C2O)C(O)C(O)C1O. The molecule has 1 heterocycles.